The van der Waals surface area contributed by atoms with Gasteiger partial charge in [0.1, 0.15) is 17.2 Å². The molecular formula is C17H18FN5OS. The smallest absolute Gasteiger partial charge is 0.230 e. The van der Waals surface area contributed by atoms with Gasteiger partial charge in [-0.1, -0.05) is 18.7 Å². The van der Waals surface area contributed by atoms with E-state index in [1.54, 1.807) is 23.0 Å². The van der Waals surface area contributed by atoms with Gasteiger partial charge in [-0.25, -0.2) is 19.0 Å². The first-order valence-electron chi connectivity index (χ1n) is 7.95. The number of fused-ring (bicyclic) bond motifs is 1. The molecule has 1 atom stereocenters. The van der Waals surface area contributed by atoms with Crippen LogP contribution in [0.3, 0.4) is 0 Å². The van der Waals surface area contributed by atoms with Crippen molar-refractivity contribution in [2.24, 2.45) is 0 Å². The summed E-state index contributed by atoms with van der Waals surface area (Å²) in [7, 11) is 0. The predicted molar refractivity (Wildman–Crippen MR) is 95.2 cm³/mol. The van der Waals surface area contributed by atoms with Gasteiger partial charge in [0, 0.05) is 6.04 Å². The van der Waals surface area contributed by atoms with Crippen LogP contribution in [0.4, 0.5) is 4.39 Å². The molecule has 0 aliphatic heterocycles. The fourth-order valence-corrected chi connectivity index (χ4v) is 3.03. The summed E-state index contributed by atoms with van der Waals surface area (Å²) in [5.41, 5.74) is 1.33. The molecule has 0 bridgehead atoms. The number of carbonyl (C=O) groups excluding carboxylic acids is 1. The van der Waals surface area contributed by atoms with E-state index in [1.807, 2.05) is 13.8 Å². The monoisotopic (exact) mass is 359 g/mol. The molecular weight excluding hydrogens is 341 g/mol. The molecule has 130 valence electrons. The lowest BCUT2D eigenvalue weighted by molar-refractivity contribution is -0.119. The molecule has 1 aromatic carbocycles. The Balaban J connectivity index is 1.81. The summed E-state index contributed by atoms with van der Waals surface area (Å²) in [6.07, 6.45) is 3.99. The molecule has 3 aromatic rings. The van der Waals surface area contributed by atoms with Crippen molar-refractivity contribution in [3.05, 3.63) is 42.6 Å². The molecule has 0 fully saturated rings. The van der Waals surface area contributed by atoms with Gasteiger partial charge in [0.25, 0.3) is 0 Å². The Morgan fingerprint density at radius 3 is 2.80 bits per heavy atom. The molecule has 25 heavy (non-hydrogen) atoms. The normalized spacial score (nSPS) is 12.3. The molecule has 2 heterocycles. The van der Waals surface area contributed by atoms with Crippen LogP contribution < -0.4 is 5.32 Å². The third-order valence-corrected chi connectivity index (χ3v) is 4.77. The van der Waals surface area contributed by atoms with E-state index in [0.717, 1.165) is 11.8 Å². The molecule has 0 aliphatic rings. The van der Waals surface area contributed by atoms with Crippen LogP contribution in [0.5, 0.6) is 0 Å². The van der Waals surface area contributed by atoms with Crippen molar-refractivity contribution in [1.82, 2.24) is 25.1 Å². The molecule has 1 amide bonds. The molecule has 8 heteroatoms. The second kappa shape index (κ2) is 7.60. The van der Waals surface area contributed by atoms with Crippen LogP contribution in [-0.2, 0) is 4.79 Å². The van der Waals surface area contributed by atoms with Gasteiger partial charge < -0.3 is 5.32 Å². The fourth-order valence-electron chi connectivity index (χ4n) is 2.26. The van der Waals surface area contributed by atoms with Gasteiger partial charge in [-0.05, 0) is 37.6 Å². The van der Waals surface area contributed by atoms with Crippen LogP contribution in [0.15, 0.2) is 41.8 Å². The number of nitrogens with one attached hydrogen (secondary N) is 1. The molecule has 0 saturated carbocycles. The third-order valence-electron chi connectivity index (χ3n) is 3.76. The minimum atomic E-state index is -0.307. The summed E-state index contributed by atoms with van der Waals surface area (Å²) in [6, 6.07) is 6.17. The number of halogens is 1. The van der Waals surface area contributed by atoms with Gasteiger partial charge >= 0.3 is 0 Å². The van der Waals surface area contributed by atoms with Gasteiger partial charge in [-0.3, -0.25) is 4.79 Å². The van der Waals surface area contributed by atoms with Crippen LogP contribution in [0, 0.1) is 5.82 Å². The Morgan fingerprint density at radius 1 is 1.32 bits per heavy atom. The Labute approximate surface area is 148 Å². The van der Waals surface area contributed by atoms with Crippen LogP contribution in [0.25, 0.3) is 16.7 Å². The summed E-state index contributed by atoms with van der Waals surface area (Å²) in [5.74, 6) is -0.0616. The third kappa shape index (κ3) is 3.96. The number of carbonyl (C=O) groups is 1. The first-order chi connectivity index (χ1) is 12.1. The van der Waals surface area contributed by atoms with Crippen LogP contribution >= 0.6 is 11.8 Å². The van der Waals surface area contributed by atoms with Crippen molar-refractivity contribution in [2.75, 3.05) is 5.75 Å². The van der Waals surface area contributed by atoms with Crippen molar-refractivity contribution in [3.8, 4) is 5.69 Å². The van der Waals surface area contributed by atoms with E-state index in [1.165, 1.54) is 30.2 Å². The van der Waals surface area contributed by atoms with Crippen molar-refractivity contribution >= 4 is 28.7 Å². The summed E-state index contributed by atoms with van der Waals surface area (Å²) in [5, 5.41) is 8.70. The maximum atomic E-state index is 13.1. The van der Waals surface area contributed by atoms with E-state index in [0.29, 0.717) is 16.4 Å². The van der Waals surface area contributed by atoms with E-state index in [-0.39, 0.29) is 23.5 Å². The zero-order valence-corrected chi connectivity index (χ0v) is 14.8. The Morgan fingerprint density at radius 2 is 2.08 bits per heavy atom. The van der Waals surface area contributed by atoms with E-state index >= 15 is 0 Å². The second-order valence-corrected chi connectivity index (χ2v) is 6.58. The number of hydrogen-bond acceptors (Lipinski definition) is 5. The van der Waals surface area contributed by atoms with Crippen molar-refractivity contribution in [1.29, 1.82) is 0 Å². The Kier molecular flexibility index (Phi) is 5.28. The van der Waals surface area contributed by atoms with E-state index < -0.39 is 0 Å². The largest absolute Gasteiger partial charge is 0.353 e. The molecule has 0 saturated heterocycles. The quantitative estimate of drug-likeness (QED) is 0.541. The molecule has 0 spiro atoms. The lowest BCUT2D eigenvalue weighted by atomic mass is 10.3. The first-order valence-corrected chi connectivity index (χ1v) is 8.94. The lowest BCUT2D eigenvalue weighted by Crippen LogP contribution is -2.33. The maximum Gasteiger partial charge on any atom is 0.230 e. The van der Waals surface area contributed by atoms with Crippen molar-refractivity contribution in [3.63, 3.8) is 0 Å². The Hall–Kier alpha value is -2.48. The first kappa shape index (κ1) is 17.3. The van der Waals surface area contributed by atoms with Gasteiger partial charge in [0.2, 0.25) is 5.91 Å². The highest BCUT2D eigenvalue weighted by Gasteiger charge is 2.13. The highest BCUT2D eigenvalue weighted by atomic mass is 32.2. The average Bonchev–Trinajstić information content (AvgIpc) is 3.05. The van der Waals surface area contributed by atoms with Crippen LogP contribution in [-0.4, -0.2) is 37.5 Å². The molecule has 6 nitrogen and oxygen atoms in total. The number of rotatable bonds is 6. The topological polar surface area (TPSA) is 72.7 Å². The Bertz CT molecular complexity index is 880. The summed E-state index contributed by atoms with van der Waals surface area (Å²) in [6.45, 7) is 3.99. The van der Waals surface area contributed by atoms with Gasteiger partial charge in [-0.15, -0.1) is 0 Å². The minimum Gasteiger partial charge on any atom is -0.353 e. The molecule has 0 aliphatic carbocycles. The van der Waals surface area contributed by atoms with Gasteiger partial charge in [0.05, 0.1) is 23.0 Å². The molecule has 0 radical (unpaired) electrons. The maximum absolute atomic E-state index is 13.1. The van der Waals surface area contributed by atoms with E-state index in [4.69, 9.17) is 0 Å². The molecule has 3 rings (SSSR count). The highest BCUT2D eigenvalue weighted by Crippen LogP contribution is 2.25. The molecule has 2 aromatic heterocycles. The van der Waals surface area contributed by atoms with Crippen LogP contribution in [0.2, 0.25) is 0 Å². The average molecular weight is 359 g/mol. The molecule has 1 N–H and O–H groups in total. The number of nitrogens with zero attached hydrogens (tertiary/aromatic N) is 4. The number of thioether (sulfide) groups is 1. The number of benzene rings is 1. The highest BCUT2D eigenvalue weighted by molar-refractivity contribution is 8.00. The van der Waals surface area contributed by atoms with Crippen molar-refractivity contribution in [2.45, 2.75) is 31.3 Å². The van der Waals surface area contributed by atoms with Gasteiger partial charge in [-0.2, -0.15) is 5.10 Å². The molecule has 1 unspecified atom stereocenters. The summed E-state index contributed by atoms with van der Waals surface area (Å²) in [4.78, 5) is 20.5. The number of amides is 1. The standard InChI is InChI=1S/C17H18FN5OS/c1-3-11(2)22-15(24)9-25-17-14-8-21-23(16(14)19-10-20-17)13-6-4-12(18)5-7-13/h4-8,10-11H,3,9H2,1-2H3,(H,22,24). The van der Waals surface area contributed by atoms with Crippen LogP contribution in [0.1, 0.15) is 20.3 Å². The van der Waals surface area contributed by atoms with E-state index in [9.17, 15) is 9.18 Å². The number of hydrogen-bond donors (Lipinski definition) is 1. The van der Waals surface area contributed by atoms with Gasteiger partial charge in [0.15, 0.2) is 5.65 Å². The van der Waals surface area contributed by atoms with Crippen molar-refractivity contribution < 1.29 is 9.18 Å². The summed E-state index contributed by atoms with van der Waals surface area (Å²) < 4.78 is 14.7. The summed E-state index contributed by atoms with van der Waals surface area (Å²) >= 11 is 1.34. The second-order valence-electron chi connectivity index (χ2n) is 5.61. The number of aromatic nitrogens is 4. The van der Waals surface area contributed by atoms with E-state index in [2.05, 4.69) is 20.4 Å². The fraction of sp³-hybridized carbons (Fsp3) is 0.294. The predicted octanol–water partition coefficient (Wildman–Crippen LogP) is 2.96. The lowest BCUT2D eigenvalue weighted by Gasteiger charge is -2.10. The zero-order valence-electron chi connectivity index (χ0n) is 13.9. The SMILES string of the molecule is CCC(C)NC(=O)CSc1ncnc2c1cnn2-c1ccc(F)cc1. The zero-order chi connectivity index (χ0) is 17.8. The minimum absolute atomic E-state index is 0.0305.